The van der Waals surface area contributed by atoms with Crippen molar-refractivity contribution < 1.29 is 24.2 Å². The molecule has 0 bridgehead atoms. The number of amides is 1. The van der Waals surface area contributed by atoms with E-state index in [9.17, 15) is 14.7 Å². The molecule has 8 heteroatoms. The van der Waals surface area contributed by atoms with Gasteiger partial charge in [0.15, 0.2) is 0 Å². The van der Waals surface area contributed by atoms with Gasteiger partial charge in [-0.15, -0.1) is 0 Å². The molecule has 0 aliphatic carbocycles. The van der Waals surface area contributed by atoms with Gasteiger partial charge in [0.05, 0.1) is 13.2 Å². The first kappa shape index (κ1) is 36.6. The number of ether oxygens (including phenoxy) is 2. The summed E-state index contributed by atoms with van der Waals surface area (Å²) in [4.78, 5) is 31.1. The molecule has 0 atom stereocenters. The lowest BCUT2D eigenvalue weighted by Crippen LogP contribution is -2.39. The molecule has 0 aromatic heterocycles. The van der Waals surface area contributed by atoms with E-state index in [0.717, 1.165) is 77.5 Å². The fraction of sp³-hybridized carbons (Fsp3) is 0.933. The first-order valence-corrected chi connectivity index (χ1v) is 15.6. The van der Waals surface area contributed by atoms with Gasteiger partial charge in [0.1, 0.15) is 6.61 Å². The predicted molar refractivity (Wildman–Crippen MR) is 157 cm³/mol. The summed E-state index contributed by atoms with van der Waals surface area (Å²) in [6.45, 7) is 16.0. The van der Waals surface area contributed by atoms with Crippen molar-refractivity contribution in [2.45, 2.75) is 111 Å². The molecule has 1 amide bonds. The van der Waals surface area contributed by atoms with Crippen LogP contribution >= 0.6 is 0 Å². The van der Waals surface area contributed by atoms with Crippen molar-refractivity contribution >= 4 is 12.1 Å². The molecule has 0 radical (unpaired) electrons. The average Bonchev–Trinajstić information content (AvgIpc) is 2.92. The number of aliphatic hydroxyl groups is 1. The normalized spacial score (nSPS) is 11.3. The molecular weight excluding hydrogens is 482 g/mol. The Labute approximate surface area is 234 Å². The van der Waals surface area contributed by atoms with Crippen LogP contribution in [0.3, 0.4) is 0 Å². The number of esters is 1. The molecule has 0 aromatic rings. The first-order valence-electron chi connectivity index (χ1n) is 15.6. The first-order chi connectivity index (χ1) is 18.5. The van der Waals surface area contributed by atoms with Crippen molar-refractivity contribution in [1.29, 1.82) is 0 Å². The lowest BCUT2D eigenvalue weighted by atomic mass is 10.1. The Kier molecular flexibility index (Phi) is 26.2. The SMILES string of the molecule is CCCCCCCOC(=O)CCCCCN(CCCCCC)C(=O)OCCN(CCO)CCN(CC)CC. The van der Waals surface area contributed by atoms with Gasteiger partial charge in [-0.1, -0.05) is 79.1 Å². The number of unbranched alkanes of at least 4 members (excludes halogenated alkanes) is 9. The van der Waals surface area contributed by atoms with Gasteiger partial charge in [0.25, 0.3) is 0 Å². The van der Waals surface area contributed by atoms with Crippen molar-refractivity contribution in [2.75, 3.05) is 72.2 Å². The van der Waals surface area contributed by atoms with Gasteiger partial charge < -0.3 is 24.4 Å². The quantitative estimate of drug-likeness (QED) is 0.105. The minimum Gasteiger partial charge on any atom is -0.466 e. The fourth-order valence-electron chi connectivity index (χ4n) is 4.39. The summed E-state index contributed by atoms with van der Waals surface area (Å²) >= 11 is 0. The number of rotatable bonds is 27. The number of hydrogen-bond acceptors (Lipinski definition) is 7. The zero-order valence-electron chi connectivity index (χ0n) is 25.4. The van der Waals surface area contributed by atoms with E-state index in [1.54, 1.807) is 0 Å². The Morgan fingerprint density at radius 2 is 1.16 bits per heavy atom. The third-order valence-corrected chi connectivity index (χ3v) is 7.04. The van der Waals surface area contributed by atoms with Crippen LogP contribution in [0.2, 0.25) is 0 Å². The summed E-state index contributed by atoms with van der Waals surface area (Å²) in [5.41, 5.74) is 0. The van der Waals surface area contributed by atoms with Crippen molar-refractivity contribution in [3.63, 3.8) is 0 Å². The molecule has 0 aliphatic heterocycles. The minimum absolute atomic E-state index is 0.0995. The van der Waals surface area contributed by atoms with Gasteiger partial charge in [-0.05, 0) is 38.8 Å². The Hall–Kier alpha value is -1.38. The van der Waals surface area contributed by atoms with Gasteiger partial charge in [-0.3, -0.25) is 9.69 Å². The zero-order valence-corrected chi connectivity index (χ0v) is 25.4. The Bertz CT molecular complexity index is 546. The number of carbonyl (C=O) groups is 2. The molecular formula is C30H61N3O5. The monoisotopic (exact) mass is 543 g/mol. The van der Waals surface area contributed by atoms with Crippen LogP contribution in [0.1, 0.15) is 111 Å². The second kappa shape index (κ2) is 27.2. The minimum atomic E-state index is -0.253. The van der Waals surface area contributed by atoms with E-state index in [0.29, 0.717) is 45.8 Å². The van der Waals surface area contributed by atoms with E-state index in [1.165, 1.54) is 25.7 Å². The van der Waals surface area contributed by atoms with Gasteiger partial charge in [0.2, 0.25) is 0 Å². The highest BCUT2D eigenvalue weighted by Gasteiger charge is 2.16. The molecule has 0 fully saturated rings. The molecule has 0 unspecified atom stereocenters. The molecule has 0 saturated carbocycles. The van der Waals surface area contributed by atoms with E-state index in [4.69, 9.17) is 9.47 Å². The molecule has 0 heterocycles. The molecule has 0 spiro atoms. The molecule has 1 N–H and O–H groups in total. The predicted octanol–water partition coefficient (Wildman–Crippen LogP) is 5.72. The molecule has 38 heavy (non-hydrogen) atoms. The second-order valence-electron chi connectivity index (χ2n) is 10.2. The van der Waals surface area contributed by atoms with E-state index in [-0.39, 0.29) is 18.7 Å². The highest BCUT2D eigenvalue weighted by molar-refractivity contribution is 5.69. The maximum absolute atomic E-state index is 12.8. The van der Waals surface area contributed by atoms with Crippen molar-refractivity contribution in [3.8, 4) is 0 Å². The zero-order chi connectivity index (χ0) is 28.3. The van der Waals surface area contributed by atoms with Crippen LogP contribution in [0.15, 0.2) is 0 Å². The molecule has 226 valence electrons. The van der Waals surface area contributed by atoms with Crippen LogP contribution in [0, 0.1) is 0 Å². The van der Waals surface area contributed by atoms with Crippen molar-refractivity contribution in [1.82, 2.24) is 14.7 Å². The Morgan fingerprint density at radius 3 is 1.76 bits per heavy atom. The number of hydrogen-bond donors (Lipinski definition) is 1. The molecule has 8 nitrogen and oxygen atoms in total. The molecule has 0 aromatic carbocycles. The topological polar surface area (TPSA) is 82.5 Å². The van der Waals surface area contributed by atoms with Crippen LogP contribution in [-0.4, -0.2) is 104 Å². The van der Waals surface area contributed by atoms with Crippen LogP contribution in [-0.2, 0) is 14.3 Å². The largest absolute Gasteiger partial charge is 0.466 e. The van der Waals surface area contributed by atoms with Crippen LogP contribution < -0.4 is 0 Å². The van der Waals surface area contributed by atoms with Crippen LogP contribution in [0.25, 0.3) is 0 Å². The number of carbonyl (C=O) groups excluding carboxylic acids is 2. The Morgan fingerprint density at radius 1 is 0.579 bits per heavy atom. The highest BCUT2D eigenvalue weighted by Crippen LogP contribution is 2.09. The van der Waals surface area contributed by atoms with E-state index in [2.05, 4.69) is 37.5 Å². The summed E-state index contributed by atoms with van der Waals surface area (Å²) in [6.07, 6.45) is 12.9. The highest BCUT2D eigenvalue weighted by atomic mass is 16.6. The maximum Gasteiger partial charge on any atom is 0.409 e. The number of likely N-dealkylation sites (N-methyl/N-ethyl adjacent to an activating group) is 1. The fourth-order valence-corrected chi connectivity index (χ4v) is 4.39. The van der Waals surface area contributed by atoms with E-state index >= 15 is 0 Å². The van der Waals surface area contributed by atoms with E-state index in [1.807, 2.05) is 4.90 Å². The van der Waals surface area contributed by atoms with Crippen molar-refractivity contribution in [2.24, 2.45) is 0 Å². The number of nitrogens with zero attached hydrogens (tertiary/aromatic N) is 3. The smallest absolute Gasteiger partial charge is 0.409 e. The summed E-state index contributed by atoms with van der Waals surface area (Å²) in [5.74, 6) is -0.107. The summed E-state index contributed by atoms with van der Waals surface area (Å²) in [6, 6.07) is 0. The van der Waals surface area contributed by atoms with Crippen LogP contribution in [0.5, 0.6) is 0 Å². The summed E-state index contributed by atoms with van der Waals surface area (Å²) in [5, 5.41) is 9.41. The standard InChI is InChI=1S/C30H61N3O5/c1-5-9-11-13-18-27-37-29(35)19-15-14-17-21-33(20-16-12-10-6-2)30(36)38-28-25-32(24-26-34)23-22-31(7-3)8-4/h34H,5-28H2,1-4H3. The lowest BCUT2D eigenvalue weighted by molar-refractivity contribution is -0.143. The molecule has 0 aliphatic rings. The van der Waals surface area contributed by atoms with Gasteiger partial charge >= 0.3 is 12.1 Å². The lowest BCUT2D eigenvalue weighted by Gasteiger charge is -2.26. The summed E-state index contributed by atoms with van der Waals surface area (Å²) in [7, 11) is 0. The molecule has 0 saturated heterocycles. The number of aliphatic hydroxyl groups excluding tert-OH is 1. The third-order valence-electron chi connectivity index (χ3n) is 7.04. The van der Waals surface area contributed by atoms with Gasteiger partial charge in [-0.25, -0.2) is 4.79 Å². The second-order valence-corrected chi connectivity index (χ2v) is 10.2. The van der Waals surface area contributed by atoms with Gasteiger partial charge in [0, 0.05) is 45.7 Å². The van der Waals surface area contributed by atoms with Crippen molar-refractivity contribution in [3.05, 3.63) is 0 Å². The molecule has 0 rings (SSSR count). The van der Waals surface area contributed by atoms with E-state index < -0.39 is 0 Å². The Balaban J connectivity index is 4.36. The van der Waals surface area contributed by atoms with Gasteiger partial charge in [-0.2, -0.15) is 0 Å². The summed E-state index contributed by atoms with van der Waals surface area (Å²) < 4.78 is 11.0. The average molecular weight is 544 g/mol. The third kappa shape index (κ3) is 21.5. The van der Waals surface area contributed by atoms with Crippen LogP contribution in [0.4, 0.5) is 4.79 Å². The maximum atomic E-state index is 12.8.